The first-order valence-electron chi connectivity index (χ1n) is 6.87. The highest BCUT2D eigenvalue weighted by molar-refractivity contribution is 5.51. The smallest absolute Gasteiger partial charge is 0.134 e. The first kappa shape index (κ1) is 14.1. The lowest BCUT2D eigenvalue weighted by molar-refractivity contribution is 0.154. The lowest BCUT2D eigenvalue weighted by Gasteiger charge is -2.34. The first-order chi connectivity index (χ1) is 8.88. The van der Waals surface area contributed by atoms with Gasteiger partial charge in [0.05, 0.1) is 6.10 Å². The van der Waals surface area contributed by atoms with Gasteiger partial charge in [0.25, 0.3) is 0 Å². The van der Waals surface area contributed by atoms with E-state index < -0.39 is 0 Å². The molecule has 0 bridgehead atoms. The second-order valence-corrected chi connectivity index (χ2v) is 6.21. The molecule has 1 N–H and O–H groups in total. The maximum atomic E-state index is 9.75. The van der Waals surface area contributed by atoms with E-state index in [-0.39, 0.29) is 11.6 Å². The molecule has 1 atom stereocenters. The van der Waals surface area contributed by atoms with E-state index in [9.17, 15) is 5.11 Å². The van der Waals surface area contributed by atoms with Crippen LogP contribution in [0.4, 0.5) is 11.6 Å². The summed E-state index contributed by atoms with van der Waals surface area (Å²) in [6.07, 6.45) is 3.26. The molecule has 1 aliphatic rings. The van der Waals surface area contributed by atoms with Gasteiger partial charge in [0.15, 0.2) is 0 Å². The third kappa shape index (κ3) is 3.35. The summed E-state index contributed by atoms with van der Waals surface area (Å²) in [5.41, 5.74) is 0.0209. The summed E-state index contributed by atoms with van der Waals surface area (Å²) >= 11 is 0. The fourth-order valence-electron chi connectivity index (χ4n) is 2.20. The molecule has 5 heteroatoms. The number of piperidine rings is 1. The van der Waals surface area contributed by atoms with Crippen LogP contribution in [0.5, 0.6) is 0 Å². The Morgan fingerprint density at radius 2 is 2.11 bits per heavy atom. The predicted molar refractivity (Wildman–Crippen MR) is 77.6 cm³/mol. The molecule has 1 saturated heterocycles. The average Bonchev–Trinajstić information content (AvgIpc) is 2.37. The Labute approximate surface area is 115 Å². The molecular formula is C14H24N4O. The lowest BCUT2D eigenvalue weighted by Crippen LogP contribution is -2.40. The SMILES string of the molecule is CN(c1cc(N2CCCC(O)C2)ncn1)C(C)(C)C. The zero-order valence-electron chi connectivity index (χ0n) is 12.3. The maximum Gasteiger partial charge on any atom is 0.134 e. The van der Waals surface area contributed by atoms with Crippen LogP contribution in [-0.4, -0.2) is 46.9 Å². The maximum absolute atomic E-state index is 9.75. The summed E-state index contributed by atoms with van der Waals surface area (Å²) in [5, 5.41) is 9.75. The van der Waals surface area contributed by atoms with Gasteiger partial charge in [0, 0.05) is 31.7 Å². The zero-order chi connectivity index (χ0) is 14.0. The number of β-amino-alcohol motifs (C(OH)–C–C–N with tert-alkyl or cyclic N) is 1. The van der Waals surface area contributed by atoms with E-state index in [1.165, 1.54) is 0 Å². The standard InChI is InChI=1S/C14H24N4O/c1-14(2,3)17(4)12-8-13(16-10-15-12)18-7-5-6-11(19)9-18/h8,10-11,19H,5-7,9H2,1-4H3. The summed E-state index contributed by atoms with van der Waals surface area (Å²) in [7, 11) is 2.04. The Morgan fingerprint density at radius 3 is 2.74 bits per heavy atom. The molecule has 1 unspecified atom stereocenters. The van der Waals surface area contributed by atoms with Crippen molar-refractivity contribution in [2.75, 3.05) is 29.9 Å². The monoisotopic (exact) mass is 264 g/mol. The molecule has 0 radical (unpaired) electrons. The molecule has 19 heavy (non-hydrogen) atoms. The van der Waals surface area contributed by atoms with Crippen molar-refractivity contribution in [3.63, 3.8) is 0 Å². The van der Waals surface area contributed by atoms with Crippen LogP contribution in [0, 0.1) is 0 Å². The molecule has 1 aliphatic heterocycles. The highest BCUT2D eigenvalue weighted by atomic mass is 16.3. The van der Waals surface area contributed by atoms with Gasteiger partial charge in [0.2, 0.25) is 0 Å². The molecule has 1 aromatic heterocycles. The second-order valence-electron chi connectivity index (χ2n) is 6.21. The van der Waals surface area contributed by atoms with Gasteiger partial charge < -0.3 is 14.9 Å². The first-order valence-corrected chi connectivity index (χ1v) is 6.87. The number of nitrogens with zero attached hydrogens (tertiary/aromatic N) is 4. The van der Waals surface area contributed by atoms with Crippen molar-refractivity contribution >= 4 is 11.6 Å². The van der Waals surface area contributed by atoms with E-state index in [2.05, 4.69) is 40.5 Å². The molecular weight excluding hydrogens is 240 g/mol. The molecule has 2 rings (SSSR count). The van der Waals surface area contributed by atoms with Crippen LogP contribution in [0.25, 0.3) is 0 Å². The molecule has 2 heterocycles. The normalized spacial score (nSPS) is 20.5. The fraction of sp³-hybridized carbons (Fsp3) is 0.714. The van der Waals surface area contributed by atoms with Gasteiger partial charge in [-0.05, 0) is 33.6 Å². The molecule has 0 aromatic carbocycles. The number of aliphatic hydroxyl groups is 1. The number of aromatic nitrogens is 2. The van der Waals surface area contributed by atoms with Crippen LogP contribution in [0.2, 0.25) is 0 Å². The van der Waals surface area contributed by atoms with E-state index in [4.69, 9.17) is 0 Å². The fourth-order valence-corrected chi connectivity index (χ4v) is 2.20. The van der Waals surface area contributed by atoms with Crippen LogP contribution in [0.3, 0.4) is 0 Å². The van der Waals surface area contributed by atoms with Crippen molar-refractivity contribution in [2.24, 2.45) is 0 Å². The molecule has 0 spiro atoms. The summed E-state index contributed by atoms with van der Waals surface area (Å²) in [6.45, 7) is 8.07. The Morgan fingerprint density at radius 1 is 1.37 bits per heavy atom. The van der Waals surface area contributed by atoms with Crippen LogP contribution in [0.1, 0.15) is 33.6 Å². The molecule has 0 saturated carbocycles. The number of anilines is 2. The van der Waals surface area contributed by atoms with E-state index in [0.29, 0.717) is 6.54 Å². The third-order valence-corrected chi connectivity index (χ3v) is 3.71. The molecule has 0 amide bonds. The molecule has 5 nitrogen and oxygen atoms in total. The van der Waals surface area contributed by atoms with E-state index >= 15 is 0 Å². The summed E-state index contributed by atoms with van der Waals surface area (Å²) in [5.74, 6) is 1.82. The predicted octanol–water partition coefficient (Wildman–Crippen LogP) is 1.67. The topological polar surface area (TPSA) is 52.5 Å². The Kier molecular flexibility index (Phi) is 3.94. The van der Waals surface area contributed by atoms with Gasteiger partial charge >= 0.3 is 0 Å². The minimum atomic E-state index is -0.243. The average molecular weight is 264 g/mol. The quantitative estimate of drug-likeness (QED) is 0.880. The van der Waals surface area contributed by atoms with Crippen LogP contribution >= 0.6 is 0 Å². The largest absolute Gasteiger partial charge is 0.391 e. The Balaban J connectivity index is 2.19. The summed E-state index contributed by atoms with van der Waals surface area (Å²) < 4.78 is 0. The van der Waals surface area contributed by atoms with Gasteiger partial charge in [-0.3, -0.25) is 0 Å². The molecule has 1 aromatic rings. The van der Waals surface area contributed by atoms with Gasteiger partial charge in [-0.1, -0.05) is 0 Å². The molecule has 106 valence electrons. The van der Waals surface area contributed by atoms with Crippen LogP contribution in [-0.2, 0) is 0 Å². The third-order valence-electron chi connectivity index (χ3n) is 3.71. The van der Waals surface area contributed by atoms with E-state index in [1.807, 2.05) is 13.1 Å². The molecule has 0 aliphatic carbocycles. The van der Waals surface area contributed by atoms with Crippen molar-refractivity contribution in [2.45, 2.75) is 45.3 Å². The second kappa shape index (κ2) is 5.33. The van der Waals surface area contributed by atoms with Crippen molar-refractivity contribution in [3.8, 4) is 0 Å². The number of aliphatic hydroxyl groups excluding tert-OH is 1. The lowest BCUT2D eigenvalue weighted by atomic mass is 10.1. The number of hydrogen-bond acceptors (Lipinski definition) is 5. The minimum absolute atomic E-state index is 0.0209. The zero-order valence-corrected chi connectivity index (χ0v) is 12.3. The summed E-state index contributed by atoms with van der Waals surface area (Å²) in [4.78, 5) is 13.0. The van der Waals surface area contributed by atoms with Crippen molar-refractivity contribution in [1.29, 1.82) is 0 Å². The van der Waals surface area contributed by atoms with E-state index in [0.717, 1.165) is 31.0 Å². The Hall–Kier alpha value is -1.36. The van der Waals surface area contributed by atoms with Crippen LogP contribution < -0.4 is 9.80 Å². The number of hydrogen-bond donors (Lipinski definition) is 1. The van der Waals surface area contributed by atoms with Crippen molar-refractivity contribution in [3.05, 3.63) is 12.4 Å². The van der Waals surface area contributed by atoms with Gasteiger partial charge in [-0.2, -0.15) is 0 Å². The van der Waals surface area contributed by atoms with Crippen LogP contribution in [0.15, 0.2) is 12.4 Å². The van der Waals surface area contributed by atoms with Crippen molar-refractivity contribution in [1.82, 2.24) is 9.97 Å². The van der Waals surface area contributed by atoms with Crippen molar-refractivity contribution < 1.29 is 5.11 Å². The number of rotatable bonds is 2. The van der Waals surface area contributed by atoms with Gasteiger partial charge in [-0.25, -0.2) is 9.97 Å². The minimum Gasteiger partial charge on any atom is -0.391 e. The summed E-state index contributed by atoms with van der Waals surface area (Å²) in [6, 6.07) is 2.00. The molecule has 1 fully saturated rings. The van der Waals surface area contributed by atoms with Gasteiger partial charge in [0.1, 0.15) is 18.0 Å². The Bertz CT molecular complexity index is 430. The van der Waals surface area contributed by atoms with E-state index in [1.54, 1.807) is 6.33 Å². The van der Waals surface area contributed by atoms with Gasteiger partial charge in [-0.15, -0.1) is 0 Å². The highest BCUT2D eigenvalue weighted by Gasteiger charge is 2.22. The highest BCUT2D eigenvalue weighted by Crippen LogP contribution is 2.24.